The molecule has 0 aliphatic carbocycles. The summed E-state index contributed by atoms with van der Waals surface area (Å²) in [5.41, 5.74) is -0.951. The zero-order valence-corrected chi connectivity index (χ0v) is 11.2. The van der Waals surface area contributed by atoms with Crippen molar-refractivity contribution in [2.45, 2.75) is 45.6 Å². The van der Waals surface area contributed by atoms with Gasteiger partial charge in [0.05, 0.1) is 12.2 Å². The molecule has 0 heterocycles. The molecule has 4 nitrogen and oxygen atoms in total. The largest absolute Gasteiger partial charge is 0.388 e. The van der Waals surface area contributed by atoms with Gasteiger partial charge in [-0.25, -0.2) is 8.78 Å². The van der Waals surface area contributed by atoms with Gasteiger partial charge >= 0.3 is 0 Å². The van der Waals surface area contributed by atoms with Crippen LogP contribution in [0.15, 0.2) is 0 Å². The highest BCUT2D eigenvalue weighted by Crippen LogP contribution is 2.14. The Morgan fingerprint density at radius 1 is 1.44 bits per heavy atom. The summed E-state index contributed by atoms with van der Waals surface area (Å²) in [7, 11) is 0. The highest BCUT2D eigenvalue weighted by Gasteiger charge is 2.22. The number of carbonyl (C=O) groups excluding carboxylic acids is 1. The summed E-state index contributed by atoms with van der Waals surface area (Å²) >= 11 is 0. The molecule has 6 heteroatoms. The fraction of sp³-hybridized carbons (Fsp3) is 0.917. The molecule has 0 aromatic carbocycles. The second-order valence-electron chi connectivity index (χ2n) is 5.09. The highest BCUT2D eigenvalue weighted by molar-refractivity contribution is 5.76. The predicted molar refractivity (Wildman–Crippen MR) is 64.5 cm³/mol. The van der Waals surface area contributed by atoms with Crippen LogP contribution in [0, 0.1) is 5.92 Å². The average Bonchev–Trinajstić information content (AvgIpc) is 2.19. The summed E-state index contributed by atoms with van der Waals surface area (Å²) in [5, 5.41) is 12.5. The van der Waals surface area contributed by atoms with Crippen LogP contribution < -0.4 is 5.32 Å². The minimum absolute atomic E-state index is 0.0183. The van der Waals surface area contributed by atoms with Gasteiger partial charge in [-0.1, -0.05) is 13.8 Å². The number of carbonyl (C=O) groups is 1. The van der Waals surface area contributed by atoms with Crippen LogP contribution in [0.3, 0.4) is 0 Å². The Kier molecular flexibility index (Phi) is 8.02. The number of amides is 1. The fourth-order valence-electron chi connectivity index (χ4n) is 1.67. The summed E-state index contributed by atoms with van der Waals surface area (Å²) in [6.45, 7) is 5.07. The second kappa shape index (κ2) is 8.37. The number of ether oxygens (including phenoxy) is 1. The molecule has 0 aliphatic heterocycles. The SMILES string of the molecule is CC(C)CC(C)(O)CNC(=O)CCOCC(F)F. The normalized spacial score (nSPS) is 14.9. The lowest BCUT2D eigenvalue weighted by Gasteiger charge is -2.25. The van der Waals surface area contributed by atoms with Crippen molar-refractivity contribution in [3.63, 3.8) is 0 Å². The molecule has 2 N–H and O–H groups in total. The molecular formula is C12H23F2NO3. The number of aliphatic hydroxyl groups is 1. The molecule has 0 saturated heterocycles. The van der Waals surface area contributed by atoms with E-state index in [-0.39, 0.29) is 25.5 Å². The van der Waals surface area contributed by atoms with E-state index in [0.717, 1.165) is 0 Å². The van der Waals surface area contributed by atoms with E-state index in [9.17, 15) is 18.7 Å². The smallest absolute Gasteiger partial charge is 0.261 e. The van der Waals surface area contributed by atoms with Gasteiger partial charge in [-0.3, -0.25) is 4.79 Å². The Morgan fingerprint density at radius 2 is 2.06 bits per heavy atom. The molecule has 1 atom stereocenters. The molecule has 1 amide bonds. The Balaban J connectivity index is 3.69. The Bertz CT molecular complexity index is 245. The summed E-state index contributed by atoms with van der Waals surface area (Å²) in [4.78, 5) is 11.3. The lowest BCUT2D eigenvalue weighted by molar-refractivity contribution is -0.123. The summed E-state index contributed by atoms with van der Waals surface area (Å²) in [6, 6.07) is 0. The van der Waals surface area contributed by atoms with Crippen molar-refractivity contribution < 1.29 is 23.4 Å². The van der Waals surface area contributed by atoms with Crippen molar-refractivity contribution in [2.75, 3.05) is 19.8 Å². The van der Waals surface area contributed by atoms with Crippen LogP contribution in [-0.2, 0) is 9.53 Å². The summed E-state index contributed by atoms with van der Waals surface area (Å²) in [5.74, 6) is 0.0135. The van der Waals surface area contributed by atoms with Gasteiger partial charge in [0, 0.05) is 13.0 Å². The third-order valence-corrected chi connectivity index (χ3v) is 2.23. The van der Waals surface area contributed by atoms with Crippen molar-refractivity contribution in [1.29, 1.82) is 0 Å². The first-order valence-corrected chi connectivity index (χ1v) is 6.08. The monoisotopic (exact) mass is 267 g/mol. The molecule has 0 bridgehead atoms. The summed E-state index contributed by atoms with van der Waals surface area (Å²) < 4.78 is 28.0. The fourth-order valence-corrected chi connectivity index (χ4v) is 1.67. The number of nitrogens with one attached hydrogen (secondary N) is 1. The van der Waals surface area contributed by atoms with Crippen LogP contribution >= 0.6 is 0 Å². The quantitative estimate of drug-likeness (QED) is 0.623. The maximum atomic E-state index is 11.7. The Morgan fingerprint density at radius 3 is 2.56 bits per heavy atom. The minimum Gasteiger partial charge on any atom is -0.388 e. The minimum atomic E-state index is -2.51. The zero-order chi connectivity index (χ0) is 14.2. The van der Waals surface area contributed by atoms with Crippen LogP contribution in [0.5, 0.6) is 0 Å². The van der Waals surface area contributed by atoms with Gasteiger partial charge in [0.25, 0.3) is 6.43 Å². The zero-order valence-electron chi connectivity index (χ0n) is 11.2. The topological polar surface area (TPSA) is 58.6 Å². The number of halogens is 2. The maximum absolute atomic E-state index is 11.7. The lowest BCUT2D eigenvalue weighted by Crippen LogP contribution is -2.41. The van der Waals surface area contributed by atoms with E-state index in [1.54, 1.807) is 6.92 Å². The van der Waals surface area contributed by atoms with E-state index in [1.807, 2.05) is 13.8 Å². The van der Waals surface area contributed by atoms with Crippen molar-refractivity contribution in [3.05, 3.63) is 0 Å². The molecule has 0 aromatic rings. The standard InChI is InChI=1S/C12H23F2NO3/c1-9(2)6-12(3,17)8-15-11(16)4-5-18-7-10(13)14/h9-10,17H,4-8H2,1-3H3,(H,15,16). The van der Waals surface area contributed by atoms with Gasteiger partial charge in [0.15, 0.2) is 0 Å². The van der Waals surface area contributed by atoms with Crippen molar-refractivity contribution in [2.24, 2.45) is 5.92 Å². The van der Waals surface area contributed by atoms with Crippen LogP contribution in [0.4, 0.5) is 8.78 Å². The number of rotatable bonds is 9. The third-order valence-electron chi connectivity index (χ3n) is 2.23. The lowest BCUT2D eigenvalue weighted by atomic mass is 9.94. The first kappa shape index (κ1) is 17.2. The maximum Gasteiger partial charge on any atom is 0.261 e. The van der Waals surface area contributed by atoms with Gasteiger partial charge in [0.2, 0.25) is 5.91 Å². The van der Waals surface area contributed by atoms with E-state index < -0.39 is 18.6 Å². The third kappa shape index (κ3) is 10.4. The molecule has 0 aliphatic rings. The van der Waals surface area contributed by atoms with Gasteiger partial charge in [-0.15, -0.1) is 0 Å². The van der Waals surface area contributed by atoms with Crippen molar-refractivity contribution in [1.82, 2.24) is 5.32 Å². The van der Waals surface area contributed by atoms with Crippen molar-refractivity contribution in [3.8, 4) is 0 Å². The number of alkyl halides is 2. The van der Waals surface area contributed by atoms with Crippen LogP contribution in [0.25, 0.3) is 0 Å². The molecule has 0 rings (SSSR count). The average molecular weight is 267 g/mol. The van der Waals surface area contributed by atoms with Crippen LogP contribution in [0.1, 0.15) is 33.6 Å². The van der Waals surface area contributed by atoms with Crippen molar-refractivity contribution >= 4 is 5.91 Å². The summed E-state index contributed by atoms with van der Waals surface area (Å²) in [6.07, 6.45) is -1.92. The van der Waals surface area contributed by atoms with E-state index in [2.05, 4.69) is 10.1 Å². The molecule has 18 heavy (non-hydrogen) atoms. The van der Waals surface area contributed by atoms with Crippen LogP contribution in [-0.4, -0.2) is 42.8 Å². The molecule has 0 spiro atoms. The van der Waals surface area contributed by atoms with Gasteiger partial charge < -0.3 is 15.2 Å². The van der Waals surface area contributed by atoms with Gasteiger partial charge in [0.1, 0.15) is 6.61 Å². The van der Waals surface area contributed by atoms with E-state index >= 15 is 0 Å². The molecular weight excluding hydrogens is 244 g/mol. The predicted octanol–water partition coefficient (Wildman–Crippen LogP) is 1.57. The molecule has 0 saturated carbocycles. The molecule has 108 valence electrons. The Labute approximate surface area is 107 Å². The second-order valence-corrected chi connectivity index (χ2v) is 5.09. The van der Waals surface area contributed by atoms with Gasteiger partial charge in [-0.2, -0.15) is 0 Å². The molecule has 0 radical (unpaired) electrons. The molecule has 0 aromatic heterocycles. The molecule has 0 fully saturated rings. The van der Waals surface area contributed by atoms with Crippen LogP contribution in [0.2, 0.25) is 0 Å². The first-order valence-electron chi connectivity index (χ1n) is 6.08. The van der Waals surface area contributed by atoms with E-state index in [0.29, 0.717) is 12.3 Å². The highest BCUT2D eigenvalue weighted by atomic mass is 19.3. The van der Waals surface area contributed by atoms with E-state index in [4.69, 9.17) is 0 Å². The van der Waals surface area contributed by atoms with E-state index in [1.165, 1.54) is 0 Å². The molecule has 1 unspecified atom stereocenters. The van der Waals surface area contributed by atoms with Gasteiger partial charge in [-0.05, 0) is 19.3 Å². The number of hydrogen-bond acceptors (Lipinski definition) is 3. The first-order chi connectivity index (χ1) is 8.23. The Hall–Kier alpha value is -0.750. The number of hydrogen-bond donors (Lipinski definition) is 2.